The van der Waals surface area contributed by atoms with Crippen LogP contribution in [0.3, 0.4) is 0 Å². The lowest BCUT2D eigenvalue weighted by molar-refractivity contribution is -0.144. The van der Waals surface area contributed by atoms with Crippen LogP contribution in [0.5, 0.6) is 11.5 Å². The minimum Gasteiger partial charge on any atom is -0.394 e. The van der Waals surface area contributed by atoms with Crippen LogP contribution in [-0.2, 0) is 47.5 Å². The lowest BCUT2D eigenvalue weighted by Gasteiger charge is -2.35. The van der Waals surface area contributed by atoms with Gasteiger partial charge < -0.3 is 9.05 Å². The second-order valence-electron chi connectivity index (χ2n) is 13.2. The summed E-state index contributed by atoms with van der Waals surface area (Å²) in [5.74, 6) is -1.03. The molecule has 0 unspecified atom stereocenters. The van der Waals surface area contributed by atoms with Crippen LogP contribution in [0.2, 0.25) is 0 Å². The first-order valence-electron chi connectivity index (χ1n) is 15.5. The van der Waals surface area contributed by atoms with E-state index in [1.54, 1.807) is 13.8 Å². The first kappa shape index (κ1) is 36.2. The molecule has 276 valence electrons. The highest BCUT2D eigenvalue weighted by atomic mass is 31.2. The molecular formula is C35H23F12O4P. The van der Waals surface area contributed by atoms with Gasteiger partial charge >= 0.3 is 32.5 Å². The van der Waals surface area contributed by atoms with E-state index in [2.05, 4.69) is 0 Å². The highest BCUT2D eigenvalue weighted by Gasteiger charge is 2.54. The highest BCUT2D eigenvalue weighted by molar-refractivity contribution is 7.48. The van der Waals surface area contributed by atoms with E-state index in [1.807, 2.05) is 0 Å². The van der Waals surface area contributed by atoms with Crippen molar-refractivity contribution in [2.75, 3.05) is 0 Å². The number of aryl methyl sites for hydroxylation is 2. The van der Waals surface area contributed by atoms with Crippen molar-refractivity contribution < 1.29 is 71.2 Å². The van der Waals surface area contributed by atoms with Crippen LogP contribution >= 0.6 is 7.82 Å². The Morgan fingerprint density at radius 3 is 1.15 bits per heavy atom. The van der Waals surface area contributed by atoms with Gasteiger partial charge in [-0.1, -0.05) is 0 Å². The van der Waals surface area contributed by atoms with Crippen LogP contribution in [-0.4, -0.2) is 4.89 Å². The summed E-state index contributed by atoms with van der Waals surface area (Å²) in [7, 11) is -5.55. The third-order valence-corrected chi connectivity index (χ3v) is 10.8. The van der Waals surface area contributed by atoms with Crippen LogP contribution in [0.1, 0.15) is 68.5 Å². The number of hydrogen-bond donors (Lipinski definition) is 1. The molecule has 0 amide bonds. The summed E-state index contributed by atoms with van der Waals surface area (Å²) in [4.78, 5) is 11.2. The molecule has 4 nitrogen and oxygen atoms in total. The monoisotopic (exact) mass is 766 g/mol. The molecule has 4 aromatic rings. The summed E-state index contributed by atoms with van der Waals surface area (Å²) in [5.41, 5.74) is -7.81. The summed E-state index contributed by atoms with van der Waals surface area (Å²) in [6, 6.07) is 4.12. The average molecular weight is 767 g/mol. The number of rotatable bonds is 2. The van der Waals surface area contributed by atoms with Crippen molar-refractivity contribution in [3.8, 4) is 33.8 Å². The summed E-state index contributed by atoms with van der Waals surface area (Å²) < 4.78 is 192. The molecule has 1 N–H and O–H groups in total. The van der Waals surface area contributed by atoms with Gasteiger partial charge in [0, 0.05) is 27.7 Å². The van der Waals surface area contributed by atoms with E-state index < -0.39 is 82.8 Å². The number of hydrogen-bond acceptors (Lipinski definition) is 3. The van der Waals surface area contributed by atoms with Gasteiger partial charge in [-0.3, -0.25) is 4.89 Å². The summed E-state index contributed by atoms with van der Waals surface area (Å²) in [6.45, 7) is 3.09. The highest BCUT2D eigenvalue weighted by Crippen LogP contribution is 2.66. The van der Waals surface area contributed by atoms with Crippen molar-refractivity contribution in [1.29, 1.82) is 0 Å². The normalized spacial score (nSPS) is 17.5. The van der Waals surface area contributed by atoms with E-state index in [0.717, 1.165) is 0 Å². The van der Waals surface area contributed by atoms with Crippen LogP contribution in [0.15, 0.2) is 48.5 Å². The van der Waals surface area contributed by atoms with Crippen LogP contribution in [0.4, 0.5) is 52.7 Å². The first-order chi connectivity index (χ1) is 23.8. The molecule has 1 aliphatic heterocycles. The van der Waals surface area contributed by atoms with Crippen LogP contribution in [0, 0.1) is 13.8 Å². The van der Waals surface area contributed by atoms with Gasteiger partial charge in [0.2, 0.25) is 0 Å². The Morgan fingerprint density at radius 2 is 0.865 bits per heavy atom. The summed E-state index contributed by atoms with van der Waals surface area (Å²) in [6.07, 6.45) is -20.1. The molecule has 0 saturated carbocycles. The van der Waals surface area contributed by atoms with Gasteiger partial charge in [0.15, 0.2) is 0 Å². The zero-order valence-corrected chi connectivity index (χ0v) is 27.5. The van der Waals surface area contributed by atoms with E-state index in [9.17, 15) is 62.1 Å². The number of phosphoric acid groups is 1. The lowest BCUT2D eigenvalue weighted by atomic mass is 9.73. The molecule has 17 heteroatoms. The zero-order valence-electron chi connectivity index (χ0n) is 26.6. The van der Waals surface area contributed by atoms with Crippen molar-refractivity contribution in [2.24, 2.45) is 0 Å². The SMILES string of the molecule is Cc1cc(-c2cc(C(F)(F)F)cc(C(F)(F)F)c2)c2c3c1CCC31CCc3c(C)cc(-c4cc(C(F)(F)F)cc(C(F)(F)F)c4)c(c31)OP(=O)(O)O2. The van der Waals surface area contributed by atoms with Crippen molar-refractivity contribution in [3.63, 3.8) is 0 Å². The number of phosphoric ester groups is 1. The number of halogens is 12. The Balaban J connectivity index is 1.56. The van der Waals surface area contributed by atoms with Gasteiger partial charge in [-0.25, -0.2) is 4.57 Å². The molecule has 0 atom stereocenters. The van der Waals surface area contributed by atoms with Gasteiger partial charge in [-0.15, -0.1) is 0 Å². The van der Waals surface area contributed by atoms with Gasteiger partial charge in [0.1, 0.15) is 11.5 Å². The molecule has 2 aliphatic carbocycles. The number of benzene rings is 4. The van der Waals surface area contributed by atoms with E-state index in [4.69, 9.17) is 9.05 Å². The second-order valence-corrected chi connectivity index (χ2v) is 14.5. The largest absolute Gasteiger partial charge is 0.584 e. The molecule has 0 fully saturated rings. The first-order valence-corrected chi connectivity index (χ1v) is 17.0. The zero-order chi connectivity index (χ0) is 38.1. The van der Waals surface area contributed by atoms with Crippen LogP contribution < -0.4 is 9.05 Å². The van der Waals surface area contributed by atoms with E-state index in [0.29, 0.717) is 46.5 Å². The fourth-order valence-electron chi connectivity index (χ4n) is 7.85. The molecule has 1 spiro atoms. The Bertz CT molecular complexity index is 2010. The van der Waals surface area contributed by atoms with E-state index in [1.165, 1.54) is 12.1 Å². The molecule has 0 bridgehead atoms. The van der Waals surface area contributed by atoms with Crippen LogP contribution in [0.25, 0.3) is 22.3 Å². The van der Waals surface area contributed by atoms with E-state index >= 15 is 0 Å². The molecule has 7 rings (SSSR count). The average Bonchev–Trinajstić information content (AvgIpc) is 3.59. The van der Waals surface area contributed by atoms with Crippen molar-refractivity contribution in [3.05, 3.63) is 104 Å². The molecule has 3 aliphatic rings. The molecule has 52 heavy (non-hydrogen) atoms. The predicted octanol–water partition coefficient (Wildman–Crippen LogP) is 11.8. The number of alkyl halides is 12. The van der Waals surface area contributed by atoms with Crippen molar-refractivity contribution in [2.45, 2.75) is 69.7 Å². The quantitative estimate of drug-likeness (QED) is 0.163. The smallest absolute Gasteiger partial charge is 0.394 e. The van der Waals surface area contributed by atoms with Gasteiger partial charge in [-0.05, 0) is 121 Å². The fraction of sp³-hybridized carbons (Fsp3) is 0.314. The maximum absolute atomic E-state index is 13.9. The molecule has 0 aromatic heterocycles. The summed E-state index contributed by atoms with van der Waals surface area (Å²) >= 11 is 0. The Morgan fingerprint density at radius 1 is 0.558 bits per heavy atom. The van der Waals surface area contributed by atoms with E-state index in [-0.39, 0.29) is 60.1 Å². The molecule has 4 aromatic carbocycles. The lowest BCUT2D eigenvalue weighted by Crippen LogP contribution is -2.26. The van der Waals surface area contributed by atoms with Crippen molar-refractivity contribution in [1.82, 2.24) is 0 Å². The minimum absolute atomic E-state index is 0.0727. The van der Waals surface area contributed by atoms with Gasteiger partial charge in [-0.2, -0.15) is 52.7 Å². The van der Waals surface area contributed by atoms with Gasteiger partial charge in [0.25, 0.3) is 0 Å². The van der Waals surface area contributed by atoms with Crippen molar-refractivity contribution >= 4 is 7.82 Å². The molecule has 0 saturated heterocycles. The third-order valence-electron chi connectivity index (χ3n) is 9.99. The molecule has 1 heterocycles. The topological polar surface area (TPSA) is 55.8 Å². The van der Waals surface area contributed by atoms with Gasteiger partial charge in [0.05, 0.1) is 22.3 Å². The molecular weight excluding hydrogens is 743 g/mol. The standard InChI is InChI=1S/C35H23F12O4P/c1-15-7-25(17-9-19(32(36,37)38)13-20(10-17)33(39,40)41)29-27-23(15)3-5-31(27)6-4-24-16(2)8-26(30(28(24)31)51-52(48,49)50-29)18-11-21(34(42,43)44)14-22(12-18)35(45,46)47/h7-14H,3-6H2,1-2H3,(H,48,49). The Hall–Kier alpha value is -4.17. The second kappa shape index (κ2) is 11.2. The minimum atomic E-state index is -5.55. The summed E-state index contributed by atoms with van der Waals surface area (Å²) in [5, 5.41) is 0. The predicted molar refractivity (Wildman–Crippen MR) is 162 cm³/mol. The Kier molecular flexibility index (Phi) is 7.78. The Labute approximate surface area is 286 Å². The maximum Gasteiger partial charge on any atom is 0.584 e. The molecule has 0 radical (unpaired) electrons. The maximum atomic E-state index is 13.9. The fourth-order valence-corrected chi connectivity index (χ4v) is 8.73. The third kappa shape index (κ3) is 5.82.